The van der Waals surface area contributed by atoms with Crippen molar-refractivity contribution in [1.29, 1.82) is 0 Å². The summed E-state index contributed by atoms with van der Waals surface area (Å²) in [4.78, 5) is 19.2. The van der Waals surface area contributed by atoms with Crippen LogP contribution in [0.2, 0.25) is 0 Å². The molecule has 88 valence electrons. The first-order valence-electron chi connectivity index (χ1n) is 5.55. The number of hydrogen-bond acceptors (Lipinski definition) is 4. The highest BCUT2D eigenvalue weighted by molar-refractivity contribution is 7.17. The second kappa shape index (κ2) is 4.31. The number of hydrogen-bond donors (Lipinski definition) is 0. The Morgan fingerprint density at radius 2 is 2.06 bits per heavy atom. The number of rotatable bonds is 2. The molecule has 18 heavy (non-hydrogen) atoms. The Balaban J connectivity index is 2.25. The molecule has 0 fully saturated rings. The number of aromatic nitrogens is 2. The third kappa shape index (κ3) is 1.80. The maximum absolute atomic E-state index is 10.8. The van der Waals surface area contributed by atoms with Crippen LogP contribution in [0.4, 0.5) is 0 Å². The van der Waals surface area contributed by atoms with Crippen molar-refractivity contribution in [3.8, 4) is 11.3 Å². The molecule has 2 heterocycles. The van der Waals surface area contributed by atoms with E-state index in [1.165, 1.54) is 4.70 Å². The van der Waals surface area contributed by atoms with E-state index < -0.39 is 0 Å². The normalized spacial score (nSPS) is 10.7. The zero-order valence-electron chi connectivity index (χ0n) is 9.75. The van der Waals surface area contributed by atoms with Gasteiger partial charge in [-0.1, -0.05) is 18.2 Å². The van der Waals surface area contributed by atoms with Gasteiger partial charge in [0.25, 0.3) is 0 Å². The lowest BCUT2D eigenvalue weighted by Crippen LogP contribution is -1.96. The summed E-state index contributed by atoms with van der Waals surface area (Å²) in [5.74, 6) is 0.236. The molecule has 0 N–H and O–H groups in total. The van der Waals surface area contributed by atoms with Crippen LogP contribution in [-0.2, 0) is 0 Å². The second-order valence-corrected chi connectivity index (χ2v) is 4.93. The molecule has 0 atom stereocenters. The zero-order chi connectivity index (χ0) is 12.5. The number of aldehydes is 1. The van der Waals surface area contributed by atoms with Crippen molar-refractivity contribution < 1.29 is 4.79 Å². The molecule has 0 aliphatic rings. The van der Waals surface area contributed by atoms with Crippen LogP contribution in [-0.4, -0.2) is 16.3 Å². The van der Waals surface area contributed by atoms with E-state index in [9.17, 15) is 4.79 Å². The molecule has 0 bridgehead atoms. The number of nitrogens with zero attached hydrogens (tertiary/aromatic N) is 2. The minimum Gasteiger partial charge on any atom is -0.294 e. The summed E-state index contributed by atoms with van der Waals surface area (Å²) in [6.45, 7) is 1.87. The van der Waals surface area contributed by atoms with Gasteiger partial charge in [0, 0.05) is 26.7 Å². The molecule has 0 unspecified atom stereocenters. The number of aryl methyl sites for hydroxylation is 1. The van der Waals surface area contributed by atoms with Crippen LogP contribution < -0.4 is 0 Å². The van der Waals surface area contributed by atoms with Crippen LogP contribution in [0, 0.1) is 6.92 Å². The predicted molar refractivity (Wildman–Crippen MR) is 73.0 cm³/mol. The molecule has 0 saturated carbocycles. The summed E-state index contributed by atoms with van der Waals surface area (Å²) in [5, 5.41) is 3.23. The van der Waals surface area contributed by atoms with Crippen LogP contribution in [0.5, 0.6) is 0 Å². The van der Waals surface area contributed by atoms with Gasteiger partial charge in [-0.25, -0.2) is 9.97 Å². The van der Waals surface area contributed by atoms with Gasteiger partial charge in [0.05, 0.1) is 5.69 Å². The highest BCUT2D eigenvalue weighted by Crippen LogP contribution is 2.32. The number of carbonyl (C=O) groups is 1. The Hall–Kier alpha value is -2.07. The van der Waals surface area contributed by atoms with Crippen LogP contribution >= 0.6 is 11.3 Å². The van der Waals surface area contributed by atoms with Gasteiger partial charge in [-0.15, -0.1) is 11.3 Å². The van der Waals surface area contributed by atoms with E-state index in [2.05, 4.69) is 27.5 Å². The summed E-state index contributed by atoms with van der Waals surface area (Å²) in [7, 11) is 0. The lowest BCUT2D eigenvalue weighted by Gasteiger charge is -2.01. The molecule has 0 radical (unpaired) electrons. The second-order valence-electron chi connectivity index (χ2n) is 4.02. The third-order valence-corrected chi connectivity index (χ3v) is 3.70. The van der Waals surface area contributed by atoms with Gasteiger partial charge in [-0.2, -0.15) is 0 Å². The van der Waals surface area contributed by atoms with Crippen LogP contribution in [0.3, 0.4) is 0 Å². The summed E-state index contributed by atoms with van der Waals surface area (Å²) in [6, 6.07) is 10.1. The van der Waals surface area contributed by atoms with Crippen LogP contribution in [0.25, 0.3) is 21.3 Å². The number of thiophene rings is 1. The fraction of sp³-hybridized carbons (Fsp3) is 0.0714. The number of carbonyl (C=O) groups excluding carboxylic acids is 1. The van der Waals surface area contributed by atoms with Gasteiger partial charge in [0.2, 0.25) is 0 Å². The average Bonchev–Trinajstić information content (AvgIpc) is 2.81. The Morgan fingerprint density at radius 3 is 2.89 bits per heavy atom. The molecule has 0 aliphatic carbocycles. The van der Waals surface area contributed by atoms with Crippen molar-refractivity contribution in [2.75, 3.05) is 0 Å². The maximum Gasteiger partial charge on any atom is 0.193 e. The first kappa shape index (κ1) is 11.0. The van der Waals surface area contributed by atoms with Gasteiger partial charge < -0.3 is 0 Å². The van der Waals surface area contributed by atoms with Gasteiger partial charge >= 0.3 is 0 Å². The Labute approximate surface area is 108 Å². The molecule has 0 amide bonds. The molecular formula is C14H10N2OS. The van der Waals surface area contributed by atoms with Crippen molar-refractivity contribution >= 4 is 27.7 Å². The van der Waals surface area contributed by atoms with Crippen molar-refractivity contribution in [1.82, 2.24) is 9.97 Å². The van der Waals surface area contributed by atoms with E-state index in [-0.39, 0.29) is 5.82 Å². The first-order valence-corrected chi connectivity index (χ1v) is 6.43. The smallest absolute Gasteiger partial charge is 0.193 e. The van der Waals surface area contributed by atoms with Crippen LogP contribution in [0.1, 0.15) is 16.3 Å². The van der Waals surface area contributed by atoms with E-state index in [1.807, 2.05) is 25.1 Å². The van der Waals surface area contributed by atoms with Gasteiger partial charge in [0.15, 0.2) is 12.1 Å². The minimum absolute atomic E-state index is 0.236. The van der Waals surface area contributed by atoms with Crippen molar-refractivity contribution in [3.63, 3.8) is 0 Å². The highest BCUT2D eigenvalue weighted by atomic mass is 32.1. The predicted octanol–water partition coefficient (Wildman–Crippen LogP) is 3.48. The quantitative estimate of drug-likeness (QED) is 0.657. The Morgan fingerprint density at radius 1 is 1.22 bits per heavy atom. The molecule has 3 aromatic rings. The summed E-state index contributed by atoms with van der Waals surface area (Å²) < 4.78 is 1.22. The van der Waals surface area contributed by atoms with Crippen molar-refractivity contribution in [3.05, 3.63) is 47.2 Å². The molecule has 0 aliphatic heterocycles. The summed E-state index contributed by atoms with van der Waals surface area (Å²) in [6.07, 6.45) is 0.686. The molecule has 3 nitrogen and oxygen atoms in total. The van der Waals surface area contributed by atoms with E-state index in [4.69, 9.17) is 0 Å². The summed E-state index contributed by atoms with van der Waals surface area (Å²) in [5.41, 5.74) is 2.67. The lowest BCUT2D eigenvalue weighted by atomic mass is 10.1. The summed E-state index contributed by atoms with van der Waals surface area (Å²) >= 11 is 1.68. The van der Waals surface area contributed by atoms with Gasteiger partial charge in [-0.05, 0) is 19.1 Å². The number of fused-ring (bicyclic) bond motifs is 1. The fourth-order valence-electron chi connectivity index (χ4n) is 1.96. The SMILES string of the molecule is Cc1cc(-c2csc3ccccc23)nc(C=O)n1. The zero-order valence-corrected chi connectivity index (χ0v) is 10.6. The average molecular weight is 254 g/mol. The van der Waals surface area contributed by atoms with Gasteiger partial charge in [-0.3, -0.25) is 4.79 Å². The maximum atomic E-state index is 10.8. The molecule has 1 aromatic carbocycles. The van der Waals surface area contributed by atoms with E-state index in [1.54, 1.807) is 11.3 Å². The monoisotopic (exact) mass is 254 g/mol. The lowest BCUT2D eigenvalue weighted by molar-refractivity contribution is 0.111. The standard InChI is InChI=1S/C14H10N2OS/c1-9-6-12(16-14(7-17)15-9)11-8-18-13-5-3-2-4-10(11)13/h2-8H,1H3. The van der Waals surface area contributed by atoms with Crippen LogP contribution in [0.15, 0.2) is 35.7 Å². The molecular weight excluding hydrogens is 244 g/mol. The largest absolute Gasteiger partial charge is 0.294 e. The third-order valence-electron chi connectivity index (χ3n) is 2.73. The van der Waals surface area contributed by atoms with Crippen molar-refractivity contribution in [2.45, 2.75) is 6.92 Å². The highest BCUT2D eigenvalue weighted by Gasteiger charge is 2.09. The molecule has 3 rings (SSSR count). The minimum atomic E-state index is 0.236. The van der Waals surface area contributed by atoms with Gasteiger partial charge in [0.1, 0.15) is 0 Å². The fourth-order valence-corrected chi connectivity index (χ4v) is 2.91. The van der Waals surface area contributed by atoms with E-state index in [0.29, 0.717) is 6.29 Å². The first-order chi connectivity index (χ1) is 8.78. The molecule has 0 saturated heterocycles. The Kier molecular flexibility index (Phi) is 2.64. The molecule has 0 spiro atoms. The molecule has 4 heteroatoms. The van der Waals surface area contributed by atoms with E-state index in [0.717, 1.165) is 22.3 Å². The van der Waals surface area contributed by atoms with Crippen molar-refractivity contribution in [2.24, 2.45) is 0 Å². The Bertz CT molecular complexity index is 733. The number of benzene rings is 1. The molecule has 2 aromatic heterocycles. The topological polar surface area (TPSA) is 42.9 Å². The van der Waals surface area contributed by atoms with E-state index >= 15 is 0 Å².